The molecule has 4 heteroatoms. The number of nitrogens with zero attached hydrogens (tertiary/aromatic N) is 1. The lowest BCUT2D eigenvalue weighted by atomic mass is 9.93. The number of aromatic amines is 1. The van der Waals surface area contributed by atoms with Crippen molar-refractivity contribution in [3.8, 4) is 0 Å². The van der Waals surface area contributed by atoms with Gasteiger partial charge in [-0.3, -0.25) is 9.36 Å². The quantitative estimate of drug-likeness (QED) is 0.811. The number of aryl methyl sites for hydroxylation is 1. The third-order valence-electron chi connectivity index (χ3n) is 3.52. The first-order valence-corrected chi connectivity index (χ1v) is 5.92. The van der Waals surface area contributed by atoms with Gasteiger partial charge < -0.3 is 4.98 Å². The van der Waals surface area contributed by atoms with Crippen LogP contribution in [0.15, 0.2) is 27.8 Å². The van der Waals surface area contributed by atoms with E-state index in [0.29, 0.717) is 10.9 Å². The molecule has 1 heterocycles. The standard InChI is InChI=1S/C13H14N2O2/c1-8-5-6-10-11(7-8)14-13(17)15(12(10)16)9-3-2-4-9/h5-7,9H,2-4H2,1H3,(H,14,17). The van der Waals surface area contributed by atoms with Crippen molar-refractivity contribution in [2.24, 2.45) is 0 Å². The van der Waals surface area contributed by atoms with Gasteiger partial charge in [0, 0.05) is 6.04 Å². The number of aromatic nitrogens is 2. The summed E-state index contributed by atoms with van der Waals surface area (Å²) >= 11 is 0. The van der Waals surface area contributed by atoms with E-state index >= 15 is 0 Å². The fourth-order valence-corrected chi connectivity index (χ4v) is 2.32. The molecule has 88 valence electrons. The molecule has 1 aliphatic carbocycles. The van der Waals surface area contributed by atoms with E-state index in [1.165, 1.54) is 4.57 Å². The zero-order chi connectivity index (χ0) is 12.0. The summed E-state index contributed by atoms with van der Waals surface area (Å²) in [5.74, 6) is 0. The number of fused-ring (bicyclic) bond motifs is 1. The summed E-state index contributed by atoms with van der Waals surface area (Å²) < 4.78 is 1.38. The molecule has 0 bridgehead atoms. The van der Waals surface area contributed by atoms with Crippen molar-refractivity contribution in [1.82, 2.24) is 9.55 Å². The van der Waals surface area contributed by atoms with Crippen LogP contribution in [0.25, 0.3) is 10.9 Å². The number of hydrogen-bond acceptors (Lipinski definition) is 2. The molecule has 0 saturated heterocycles. The van der Waals surface area contributed by atoms with Gasteiger partial charge in [0.2, 0.25) is 0 Å². The molecule has 1 fully saturated rings. The lowest BCUT2D eigenvalue weighted by molar-refractivity contribution is 0.298. The zero-order valence-electron chi connectivity index (χ0n) is 9.69. The highest BCUT2D eigenvalue weighted by molar-refractivity contribution is 5.77. The van der Waals surface area contributed by atoms with Gasteiger partial charge in [0.1, 0.15) is 0 Å². The second kappa shape index (κ2) is 3.58. The maximum Gasteiger partial charge on any atom is 0.329 e. The van der Waals surface area contributed by atoms with E-state index < -0.39 is 0 Å². The Kier molecular flexibility index (Phi) is 2.18. The molecule has 0 aliphatic heterocycles. The molecule has 0 amide bonds. The van der Waals surface area contributed by atoms with Gasteiger partial charge in [-0.15, -0.1) is 0 Å². The molecule has 4 nitrogen and oxygen atoms in total. The Bertz CT molecular complexity index is 693. The van der Waals surface area contributed by atoms with Crippen LogP contribution in [-0.2, 0) is 0 Å². The van der Waals surface area contributed by atoms with Gasteiger partial charge in [0.25, 0.3) is 5.56 Å². The summed E-state index contributed by atoms with van der Waals surface area (Å²) in [6.45, 7) is 1.94. The van der Waals surface area contributed by atoms with Crippen LogP contribution in [0.2, 0.25) is 0 Å². The molecule has 1 aliphatic rings. The second-order valence-corrected chi connectivity index (χ2v) is 4.74. The molecule has 0 atom stereocenters. The minimum Gasteiger partial charge on any atom is -0.307 e. The van der Waals surface area contributed by atoms with Gasteiger partial charge >= 0.3 is 5.69 Å². The molecule has 1 N–H and O–H groups in total. The summed E-state index contributed by atoms with van der Waals surface area (Å²) in [5, 5.41) is 0.599. The summed E-state index contributed by atoms with van der Waals surface area (Å²) in [4.78, 5) is 26.9. The second-order valence-electron chi connectivity index (χ2n) is 4.74. The molecular weight excluding hydrogens is 216 g/mol. The van der Waals surface area contributed by atoms with Gasteiger partial charge in [-0.1, -0.05) is 6.07 Å². The van der Waals surface area contributed by atoms with Crippen LogP contribution in [-0.4, -0.2) is 9.55 Å². The van der Waals surface area contributed by atoms with Gasteiger partial charge in [-0.25, -0.2) is 4.79 Å². The van der Waals surface area contributed by atoms with Crippen LogP contribution < -0.4 is 11.2 Å². The minimum atomic E-state index is -0.280. The molecule has 3 rings (SSSR count). The van der Waals surface area contributed by atoms with Crippen molar-refractivity contribution in [2.75, 3.05) is 0 Å². The lowest BCUT2D eigenvalue weighted by Gasteiger charge is -2.26. The van der Waals surface area contributed by atoms with Crippen LogP contribution in [0.3, 0.4) is 0 Å². The number of rotatable bonds is 1. The van der Waals surface area contributed by atoms with Crippen molar-refractivity contribution in [3.05, 3.63) is 44.6 Å². The van der Waals surface area contributed by atoms with Crippen LogP contribution in [0.4, 0.5) is 0 Å². The SMILES string of the molecule is Cc1ccc2c(=O)n(C3CCC3)c(=O)[nH]c2c1. The molecule has 1 aromatic carbocycles. The third-order valence-corrected chi connectivity index (χ3v) is 3.52. The highest BCUT2D eigenvalue weighted by Gasteiger charge is 2.23. The van der Waals surface area contributed by atoms with Crippen molar-refractivity contribution in [2.45, 2.75) is 32.2 Å². The number of H-pyrrole nitrogens is 1. The Morgan fingerprint density at radius 2 is 2.06 bits per heavy atom. The van der Waals surface area contributed by atoms with Crippen molar-refractivity contribution in [3.63, 3.8) is 0 Å². The van der Waals surface area contributed by atoms with E-state index in [0.717, 1.165) is 24.8 Å². The first kappa shape index (κ1) is 10.3. The van der Waals surface area contributed by atoms with Crippen molar-refractivity contribution in [1.29, 1.82) is 0 Å². The summed E-state index contributed by atoms with van der Waals surface area (Å²) in [7, 11) is 0. The fourth-order valence-electron chi connectivity index (χ4n) is 2.32. The maximum atomic E-state index is 12.2. The van der Waals surface area contributed by atoms with Gasteiger partial charge in [0.15, 0.2) is 0 Å². The first-order valence-electron chi connectivity index (χ1n) is 5.92. The topological polar surface area (TPSA) is 54.9 Å². The van der Waals surface area contributed by atoms with Gasteiger partial charge in [0.05, 0.1) is 10.9 Å². The van der Waals surface area contributed by atoms with Crippen molar-refractivity contribution < 1.29 is 0 Å². The molecule has 2 aromatic rings. The lowest BCUT2D eigenvalue weighted by Crippen LogP contribution is -2.40. The van der Waals surface area contributed by atoms with Gasteiger partial charge in [-0.05, 0) is 43.9 Å². The van der Waals surface area contributed by atoms with E-state index in [4.69, 9.17) is 0 Å². The number of hydrogen-bond donors (Lipinski definition) is 1. The first-order chi connectivity index (χ1) is 8.16. The van der Waals surface area contributed by atoms with Crippen LogP contribution in [0.1, 0.15) is 30.9 Å². The van der Waals surface area contributed by atoms with E-state index in [9.17, 15) is 9.59 Å². The summed E-state index contributed by atoms with van der Waals surface area (Å²) in [6.07, 6.45) is 2.96. The summed E-state index contributed by atoms with van der Waals surface area (Å²) in [5.41, 5.74) is 1.23. The monoisotopic (exact) mass is 230 g/mol. The molecule has 0 radical (unpaired) electrons. The average molecular weight is 230 g/mol. The smallest absolute Gasteiger partial charge is 0.307 e. The third kappa shape index (κ3) is 1.52. The largest absolute Gasteiger partial charge is 0.329 e. The Hall–Kier alpha value is -1.84. The Morgan fingerprint density at radius 3 is 2.71 bits per heavy atom. The highest BCUT2D eigenvalue weighted by atomic mass is 16.2. The normalized spacial score (nSPS) is 16.1. The molecule has 17 heavy (non-hydrogen) atoms. The maximum absolute atomic E-state index is 12.2. The highest BCUT2D eigenvalue weighted by Crippen LogP contribution is 2.29. The average Bonchev–Trinajstić information content (AvgIpc) is 2.20. The van der Waals surface area contributed by atoms with Crippen LogP contribution in [0.5, 0.6) is 0 Å². The molecular formula is C13H14N2O2. The molecule has 0 spiro atoms. The van der Waals surface area contributed by atoms with E-state index in [1.807, 2.05) is 19.1 Å². The van der Waals surface area contributed by atoms with E-state index in [-0.39, 0.29) is 17.3 Å². The minimum absolute atomic E-state index is 0.0944. The number of benzene rings is 1. The van der Waals surface area contributed by atoms with Gasteiger partial charge in [-0.2, -0.15) is 0 Å². The Morgan fingerprint density at radius 1 is 1.29 bits per heavy atom. The Balaban J connectivity index is 2.35. The van der Waals surface area contributed by atoms with Crippen LogP contribution in [0, 0.1) is 6.92 Å². The zero-order valence-corrected chi connectivity index (χ0v) is 9.69. The fraction of sp³-hybridized carbons (Fsp3) is 0.385. The number of nitrogens with one attached hydrogen (secondary N) is 1. The molecule has 1 saturated carbocycles. The predicted molar refractivity (Wildman–Crippen MR) is 66.5 cm³/mol. The summed E-state index contributed by atoms with van der Waals surface area (Å²) in [6, 6.07) is 5.62. The van der Waals surface area contributed by atoms with Crippen molar-refractivity contribution >= 4 is 10.9 Å². The van der Waals surface area contributed by atoms with E-state index in [1.54, 1.807) is 6.07 Å². The molecule has 0 unspecified atom stereocenters. The van der Waals surface area contributed by atoms with E-state index in [2.05, 4.69) is 4.98 Å². The van der Waals surface area contributed by atoms with Crippen LogP contribution >= 0.6 is 0 Å². The predicted octanol–water partition coefficient (Wildman–Crippen LogP) is 1.72. The Labute approximate surface area is 97.9 Å². The molecule has 1 aromatic heterocycles.